The Bertz CT molecular complexity index is 762. The first kappa shape index (κ1) is 22.0. The van der Waals surface area contributed by atoms with Gasteiger partial charge in [0.15, 0.2) is 5.76 Å². The number of ether oxygens (including phenoxy) is 2. The van der Waals surface area contributed by atoms with Gasteiger partial charge in [0.2, 0.25) is 0 Å². The monoisotopic (exact) mass is 405 g/mol. The van der Waals surface area contributed by atoms with Crippen molar-refractivity contribution in [3.8, 4) is 5.75 Å². The van der Waals surface area contributed by atoms with Crippen LogP contribution in [-0.4, -0.2) is 45.4 Å². The summed E-state index contributed by atoms with van der Waals surface area (Å²) >= 11 is 0. The van der Waals surface area contributed by atoms with Crippen molar-refractivity contribution in [2.24, 2.45) is 0 Å². The molecule has 1 amide bonds. The number of benzene rings is 1. The van der Waals surface area contributed by atoms with Crippen LogP contribution in [0.25, 0.3) is 0 Å². The van der Waals surface area contributed by atoms with Gasteiger partial charge < -0.3 is 18.8 Å². The highest BCUT2D eigenvalue weighted by Crippen LogP contribution is 2.39. The molecule has 1 aromatic rings. The van der Waals surface area contributed by atoms with Gasteiger partial charge in [0.25, 0.3) is 14.2 Å². The van der Waals surface area contributed by atoms with Crippen molar-refractivity contribution in [3.63, 3.8) is 0 Å². The minimum atomic E-state index is -2.29. The maximum Gasteiger partial charge on any atom is 0.339 e. The molecule has 1 aliphatic rings. The first-order chi connectivity index (χ1) is 13.0. The lowest BCUT2D eigenvalue weighted by molar-refractivity contribution is -0.138. The van der Waals surface area contributed by atoms with Crippen molar-refractivity contribution in [3.05, 3.63) is 41.2 Å². The van der Waals surface area contributed by atoms with E-state index >= 15 is 0 Å². The van der Waals surface area contributed by atoms with Gasteiger partial charge in [-0.3, -0.25) is 4.79 Å². The van der Waals surface area contributed by atoms with E-state index in [0.29, 0.717) is 12.1 Å². The summed E-state index contributed by atoms with van der Waals surface area (Å²) in [4.78, 5) is 27.2. The topological polar surface area (TPSA) is 65.1 Å². The molecular formula is C21H31NO5Si. The van der Waals surface area contributed by atoms with Crippen molar-refractivity contribution in [2.75, 3.05) is 20.3 Å². The quantitative estimate of drug-likeness (QED) is 0.509. The van der Waals surface area contributed by atoms with Crippen LogP contribution in [0.4, 0.5) is 0 Å². The van der Waals surface area contributed by atoms with Crippen LogP contribution in [0.5, 0.6) is 5.75 Å². The molecule has 28 heavy (non-hydrogen) atoms. The van der Waals surface area contributed by atoms with E-state index < -0.39 is 14.3 Å². The highest BCUT2D eigenvalue weighted by molar-refractivity contribution is 6.74. The summed E-state index contributed by atoms with van der Waals surface area (Å²) in [5, 5.41) is -0.0938. The number of carbonyl (C=O) groups is 2. The molecule has 6 nitrogen and oxygen atoms in total. The Morgan fingerprint density at radius 2 is 1.79 bits per heavy atom. The van der Waals surface area contributed by atoms with Gasteiger partial charge in [-0.25, -0.2) is 4.79 Å². The molecule has 7 heteroatoms. The lowest BCUT2D eigenvalue weighted by Crippen LogP contribution is -2.42. The van der Waals surface area contributed by atoms with Gasteiger partial charge in [0, 0.05) is 6.54 Å². The van der Waals surface area contributed by atoms with Crippen LogP contribution in [0.15, 0.2) is 35.6 Å². The molecule has 1 heterocycles. The SMILES string of the molecule is CCOC(=O)C1=C(O[Si](C)(C)C(C)(C)C)C(=O)N(Cc2ccc(OC)cc2)C1. The zero-order valence-corrected chi connectivity index (χ0v) is 18.9. The molecule has 0 fully saturated rings. The highest BCUT2D eigenvalue weighted by Gasteiger charge is 2.44. The molecule has 1 aliphatic heterocycles. The summed E-state index contributed by atoms with van der Waals surface area (Å²) in [7, 11) is -0.676. The maximum atomic E-state index is 13.1. The first-order valence-electron chi connectivity index (χ1n) is 9.51. The molecule has 0 aliphatic carbocycles. The minimum absolute atomic E-state index is 0.0938. The van der Waals surface area contributed by atoms with E-state index in [-0.39, 0.29) is 29.9 Å². The lowest BCUT2D eigenvalue weighted by Gasteiger charge is -2.36. The molecule has 0 unspecified atom stereocenters. The molecule has 0 spiro atoms. The van der Waals surface area contributed by atoms with Crippen molar-refractivity contribution in [2.45, 2.75) is 52.4 Å². The van der Waals surface area contributed by atoms with E-state index in [9.17, 15) is 9.59 Å². The Morgan fingerprint density at radius 1 is 1.18 bits per heavy atom. The number of methoxy groups -OCH3 is 1. The number of esters is 1. The third-order valence-electron chi connectivity index (χ3n) is 5.32. The Hall–Kier alpha value is -2.28. The zero-order valence-electron chi connectivity index (χ0n) is 17.9. The van der Waals surface area contributed by atoms with Gasteiger partial charge in [-0.15, -0.1) is 0 Å². The summed E-state index contributed by atoms with van der Waals surface area (Å²) < 4.78 is 16.6. The summed E-state index contributed by atoms with van der Waals surface area (Å²) in [6.07, 6.45) is 0. The molecule has 0 bridgehead atoms. The van der Waals surface area contributed by atoms with E-state index in [1.165, 1.54) is 0 Å². The number of rotatable bonds is 7. The van der Waals surface area contributed by atoms with Crippen molar-refractivity contribution in [1.29, 1.82) is 0 Å². The van der Waals surface area contributed by atoms with Gasteiger partial charge in [-0.05, 0) is 42.8 Å². The van der Waals surface area contributed by atoms with E-state index in [0.717, 1.165) is 11.3 Å². The Balaban J connectivity index is 2.28. The second-order valence-electron chi connectivity index (χ2n) is 8.40. The molecule has 0 aromatic heterocycles. The van der Waals surface area contributed by atoms with Crippen LogP contribution in [-0.2, 0) is 25.3 Å². The molecule has 1 aromatic carbocycles. The van der Waals surface area contributed by atoms with E-state index in [1.807, 2.05) is 24.3 Å². The average Bonchev–Trinajstić information content (AvgIpc) is 2.91. The first-order valence-corrected chi connectivity index (χ1v) is 12.4. The number of amides is 1. The van der Waals surface area contributed by atoms with E-state index in [1.54, 1.807) is 18.9 Å². The molecule has 154 valence electrons. The summed E-state index contributed by atoms with van der Waals surface area (Å²) in [5.74, 6) is 0.160. The normalized spacial score (nSPS) is 15.1. The second-order valence-corrected chi connectivity index (χ2v) is 13.1. The summed E-state index contributed by atoms with van der Waals surface area (Å²) in [5.41, 5.74) is 1.26. The van der Waals surface area contributed by atoms with Gasteiger partial charge in [0.05, 0.1) is 20.3 Å². The Morgan fingerprint density at radius 3 is 2.29 bits per heavy atom. The predicted molar refractivity (Wildman–Crippen MR) is 110 cm³/mol. The van der Waals surface area contributed by atoms with Crippen LogP contribution >= 0.6 is 0 Å². The van der Waals surface area contributed by atoms with Crippen LogP contribution < -0.4 is 4.74 Å². The molecule has 0 saturated heterocycles. The predicted octanol–water partition coefficient (Wildman–Crippen LogP) is 3.88. The lowest BCUT2D eigenvalue weighted by atomic mass is 10.2. The molecular weight excluding hydrogens is 374 g/mol. The smallest absolute Gasteiger partial charge is 0.339 e. The minimum Gasteiger partial charge on any atom is -0.539 e. The van der Waals surface area contributed by atoms with Crippen LogP contribution in [0.2, 0.25) is 18.1 Å². The van der Waals surface area contributed by atoms with Gasteiger partial charge in [-0.1, -0.05) is 32.9 Å². The third-order valence-corrected chi connectivity index (χ3v) is 9.65. The second kappa shape index (κ2) is 8.39. The summed E-state index contributed by atoms with van der Waals surface area (Å²) in [6, 6.07) is 7.51. The van der Waals surface area contributed by atoms with Gasteiger partial charge in [0.1, 0.15) is 11.3 Å². The molecule has 0 radical (unpaired) electrons. The number of hydrogen-bond acceptors (Lipinski definition) is 5. The zero-order chi connectivity index (χ0) is 21.1. The summed E-state index contributed by atoms with van der Waals surface area (Å²) in [6.45, 7) is 13.0. The van der Waals surface area contributed by atoms with Crippen LogP contribution in [0, 0.1) is 0 Å². The van der Waals surface area contributed by atoms with Crippen molar-refractivity contribution in [1.82, 2.24) is 4.90 Å². The number of carbonyl (C=O) groups excluding carboxylic acids is 2. The van der Waals surface area contributed by atoms with Crippen molar-refractivity contribution >= 4 is 20.2 Å². The standard InChI is InChI=1S/C21H31NO5Si/c1-8-26-20(24)17-14-22(13-15-9-11-16(25-5)12-10-15)19(23)18(17)27-28(6,7)21(2,3)4/h9-12H,8,13-14H2,1-7H3. The molecule has 0 saturated carbocycles. The van der Waals surface area contributed by atoms with E-state index in [2.05, 4.69) is 33.9 Å². The van der Waals surface area contributed by atoms with Crippen LogP contribution in [0.1, 0.15) is 33.3 Å². The molecule has 2 rings (SSSR count). The number of nitrogens with zero attached hydrogens (tertiary/aromatic N) is 1. The average molecular weight is 406 g/mol. The largest absolute Gasteiger partial charge is 0.539 e. The van der Waals surface area contributed by atoms with E-state index in [4.69, 9.17) is 13.9 Å². The Kier molecular flexibility index (Phi) is 6.59. The molecule has 0 N–H and O–H groups in total. The number of hydrogen-bond donors (Lipinski definition) is 0. The Labute approximate surface area is 168 Å². The maximum absolute atomic E-state index is 13.1. The highest BCUT2D eigenvalue weighted by atomic mass is 28.4. The van der Waals surface area contributed by atoms with Gasteiger partial charge >= 0.3 is 5.97 Å². The fourth-order valence-corrected chi connectivity index (χ4v) is 3.60. The fourth-order valence-electron chi connectivity index (χ4n) is 2.58. The van der Waals surface area contributed by atoms with Crippen molar-refractivity contribution < 1.29 is 23.5 Å². The van der Waals surface area contributed by atoms with Crippen LogP contribution in [0.3, 0.4) is 0 Å². The van der Waals surface area contributed by atoms with Gasteiger partial charge in [-0.2, -0.15) is 0 Å². The third kappa shape index (κ3) is 4.76. The fraction of sp³-hybridized carbons (Fsp3) is 0.524. The molecule has 0 atom stereocenters.